The molecule has 1 aromatic carbocycles. The zero-order valence-electron chi connectivity index (χ0n) is 20.7. The van der Waals surface area contributed by atoms with Gasteiger partial charge in [0.2, 0.25) is 5.76 Å². The number of ether oxygens (including phenoxy) is 1. The van der Waals surface area contributed by atoms with Crippen LogP contribution < -0.4 is 4.74 Å². The van der Waals surface area contributed by atoms with E-state index in [0.717, 1.165) is 19.3 Å². The van der Waals surface area contributed by atoms with Gasteiger partial charge >= 0.3 is 14.0 Å². The molecule has 36 heavy (non-hydrogen) atoms. The lowest BCUT2D eigenvalue weighted by atomic mass is 10.1. The van der Waals surface area contributed by atoms with Crippen molar-refractivity contribution in [3.63, 3.8) is 0 Å². The molecule has 208 valence electrons. The predicted molar refractivity (Wildman–Crippen MR) is 133 cm³/mol. The molecule has 0 amide bonds. The number of halogens is 3. The molecular weight excluding hydrogens is 520 g/mol. The number of benzene rings is 1. The second-order valence-electron chi connectivity index (χ2n) is 8.68. The topological polar surface area (TPSA) is 110 Å². The van der Waals surface area contributed by atoms with Gasteiger partial charge in [0.15, 0.2) is 9.84 Å². The van der Waals surface area contributed by atoms with E-state index in [1.807, 2.05) is 0 Å². The quantitative estimate of drug-likeness (QED) is 0.113. The first-order valence-corrected chi connectivity index (χ1v) is 15.6. The van der Waals surface area contributed by atoms with Crippen molar-refractivity contribution in [2.45, 2.75) is 83.7 Å². The van der Waals surface area contributed by atoms with Crippen molar-refractivity contribution in [1.82, 2.24) is 0 Å². The number of sulfone groups is 1. The van der Waals surface area contributed by atoms with Crippen LogP contribution in [0.1, 0.15) is 76.7 Å². The second kappa shape index (κ2) is 16.3. The Labute approximate surface area is 212 Å². The van der Waals surface area contributed by atoms with Crippen molar-refractivity contribution in [2.75, 3.05) is 18.1 Å². The van der Waals surface area contributed by atoms with Crippen LogP contribution in [0.25, 0.3) is 0 Å². The zero-order valence-corrected chi connectivity index (χ0v) is 22.4. The van der Waals surface area contributed by atoms with Gasteiger partial charge < -0.3 is 9.26 Å². The van der Waals surface area contributed by atoms with Crippen molar-refractivity contribution in [3.05, 3.63) is 41.7 Å². The van der Waals surface area contributed by atoms with Crippen molar-refractivity contribution in [3.8, 4) is 5.75 Å². The van der Waals surface area contributed by atoms with Gasteiger partial charge in [-0.15, -0.1) is 0 Å². The summed E-state index contributed by atoms with van der Waals surface area (Å²) < 4.78 is 82.8. The van der Waals surface area contributed by atoms with E-state index >= 15 is 0 Å². The third-order valence-electron chi connectivity index (χ3n) is 5.42. The van der Waals surface area contributed by atoms with Crippen LogP contribution in [0.15, 0.2) is 36.1 Å². The van der Waals surface area contributed by atoms with Crippen LogP contribution >= 0.6 is 7.82 Å². The van der Waals surface area contributed by atoms with E-state index in [9.17, 15) is 26.2 Å². The van der Waals surface area contributed by atoms with Gasteiger partial charge in [0.1, 0.15) is 12.4 Å². The van der Waals surface area contributed by atoms with E-state index in [1.165, 1.54) is 62.8 Å². The van der Waals surface area contributed by atoms with E-state index in [2.05, 4.69) is 11.4 Å². The number of hydrogen-bond donors (Lipinski definition) is 2. The van der Waals surface area contributed by atoms with Crippen LogP contribution in [0.3, 0.4) is 0 Å². The molecular formula is C24H38F3O7PS. The van der Waals surface area contributed by atoms with E-state index in [0.29, 0.717) is 23.8 Å². The molecule has 1 rings (SSSR count). The van der Waals surface area contributed by atoms with E-state index in [1.54, 1.807) is 0 Å². The maximum absolute atomic E-state index is 12.8. The van der Waals surface area contributed by atoms with E-state index < -0.39 is 29.6 Å². The first-order valence-electron chi connectivity index (χ1n) is 12.3. The molecule has 0 spiro atoms. The number of unbranched alkanes of at least 4 members (excludes halogenated alkanes) is 9. The van der Waals surface area contributed by atoms with Gasteiger partial charge in [0.05, 0.1) is 11.5 Å². The third kappa shape index (κ3) is 16.2. The Bertz CT molecular complexity index is 926. The minimum Gasteiger partial charge on any atom is -0.493 e. The van der Waals surface area contributed by atoms with Crippen molar-refractivity contribution in [1.29, 1.82) is 0 Å². The predicted octanol–water partition coefficient (Wildman–Crippen LogP) is 6.50. The lowest BCUT2D eigenvalue weighted by Gasteiger charge is -2.13. The summed E-state index contributed by atoms with van der Waals surface area (Å²) in [4.78, 5) is 17.3. The minimum absolute atomic E-state index is 0.0340. The smallest absolute Gasteiger partial charge is 0.493 e. The Hall–Kier alpha value is -1.55. The average molecular weight is 559 g/mol. The van der Waals surface area contributed by atoms with Crippen LogP contribution in [-0.4, -0.2) is 42.5 Å². The van der Waals surface area contributed by atoms with Crippen LogP contribution in [0.4, 0.5) is 13.2 Å². The molecule has 2 N–H and O–H groups in total. The summed E-state index contributed by atoms with van der Waals surface area (Å²) in [6.07, 6.45) is 6.42. The fraction of sp³-hybridized carbons (Fsp3) is 0.667. The minimum atomic E-state index is -5.35. The molecule has 0 heterocycles. The number of phosphoric ester groups is 1. The summed E-state index contributed by atoms with van der Waals surface area (Å²) in [5, 5.41) is 0. The summed E-state index contributed by atoms with van der Waals surface area (Å²) in [5.74, 6) is -1.41. The Morgan fingerprint density at radius 2 is 1.44 bits per heavy atom. The molecule has 0 aliphatic carbocycles. The molecule has 0 saturated heterocycles. The molecule has 0 atom stereocenters. The monoisotopic (exact) mass is 558 g/mol. The van der Waals surface area contributed by atoms with Crippen LogP contribution in [0, 0.1) is 0 Å². The lowest BCUT2D eigenvalue weighted by Crippen LogP contribution is -2.17. The van der Waals surface area contributed by atoms with Gasteiger partial charge in [-0.05, 0) is 36.6 Å². The largest absolute Gasteiger partial charge is 0.524 e. The van der Waals surface area contributed by atoms with E-state index in [-0.39, 0.29) is 24.5 Å². The second-order valence-corrected chi connectivity index (χ2v) is 12.1. The summed E-state index contributed by atoms with van der Waals surface area (Å²) in [6.45, 7) is 2.16. The molecule has 0 aliphatic rings. The number of rotatable bonds is 19. The van der Waals surface area contributed by atoms with Gasteiger partial charge in [-0.25, -0.2) is 13.0 Å². The maximum Gasteiger partial charge on any atom is 0.524 e. The zero-order chi connectivity index (χ0) is 27.1. The fourth-order valence-corrected chi connectivity index (χ4v) is 5.08. The van der Waals surface area contributed by atoms with Gasteiger partial charge in [-0.2, -0.15) is 13.2 Å². The number of hydrogen-bond acceptors (Lipinski definition) is 5. The van der Waals surface area contributed by atoms with Crippen molar-refractivity contribution in [2.24, 2.45) is 0 Å². The summed E-state index contributed by atoms with van der Waals surface area (Å²) >= 11 is 0. The van der Waals surface area contributed by atoms with Crippen LogP contribution in [-0.2, 0) is 25.3 Å². The van der Waals surface area contributed by atoms with Crippen molar-refractivity contribution >= 4 is 17.7 Å². The van der Waals surface area contributed by atoms with Crippen LogP contribution in [0.5, 0.6) is 5.75 Å². The average Bonchev–Trinajstić information content (AvgIpc) is 2.77. The molecule has 0 fully saturated rings. The molecule has 12 heteroatoms. The molecule has 0 radical (unpaired) electrons. The molecule has 0 aliphatic heterocycles. The Balaban J connectivity index is 2.33. The highest BCUT2D eigenvalue weighted by Crippen LogP contribution is 2.43. The Kier molecular flexibility index (Phi) is 14.7. The Morgan fingerprint density at radius 3 is 1.94 bits per heavy atom. The molecule has 0 unspecified atom stereocenters. The number of alkyl halides is 3. The third-order valence-corrected chi connectivity index (χ3v) is 7.55. The summed E-state index contributed by atoms with van der Waals surface area (Å²) in [7, 11) is -8.58. The fourth-order valence-electron chi connectivity index (χ4n) is 3.46. The number of phosphoric acid groups is 1. The lowest BCUT2D eigenvalue weighted by molar-refractivity contribution is -0.119. The Morgan fingerprint density at radius 1 is 0.917 bits per heavy atom. The standard InChI is InChI=1S/C24H38F3O7PS/c1-2-3-4-5-6-7-8-9-10-11-19-36(31,32)20-18-33-22-15-12-21(13-16-22)14-17-23(24(25,26)27)34-35(28,29)30/h12-13,15-17H,2-11,14,18-20H2,1H3,(H2,28,29,30). The maximum atomic E-state index is 12.8. The highest BCUT2D eigenvalue weighted by Gasteiger charge is 2.39. The van der Waals surface area contributed by atoms with Gasteiger partial charge in [0.25, 0.3) is 0 Å². The van der Waals surface area contributed by atoms with E-state index in [4.69, 9.17) is 14.5 Å². The highest BCUT2D eigenvalue weighted by molar-refractivity contribution is 7.91. The first kappa shape index (κ1) is 32.5. The molecule has 7 nitrogen and oxygen atoms in total. The van der Waals surface area contributed by atoms with Crippen molar-refractivity contribution < 1.29 is 45.2 Å². The molecule has 0 bridgehead atoms. The normalized spacial score (nSPS) is 13.1. The number of allylic oxidation sites excluding steroid dienone is 2. The van der Waals surface area contributed by atoms with Gasteiger partial charge in [0, 0.05) is 0 Å². The molecule has 0 aromatic heterocycles. The molecule has 0 saturated carbocycles. The van der Waals surface area contributed by atoms with Gasteiger partial charge in [-0.3, -0.25) is 9.79 Å². The summed E-state index contributed by atoms with van der Waals surface area (Å²) in [6, 6.07) is 5.90. The highest BCUT2D eigenvalue weighted by atomic mass is 32.2. The summed E-state index contributed by atoms with van der Waals surface area (Å²) in [5.41, 5.74) is 0.409. The van der Waals surface area contributed by atoms with Gasteiger partial charge in [-0.1, -0.05) is 76.8 Å². The first-order chi connectivity index (χ1) is 16.8. The van der Waals surface area contributed by atoms with Crippen LogP contribution in [0.2, 0.25) is 0 Å². The SMILES string of the molecule is CCCCCCCCCCCCS(=O)(=O)CCOc1ccc(CC=C(OP(=O)(O)O)C(F)(F)F)cc1. The molecule has 1 aromatic rings.